The number of nitrogens with one attached hydrogen (secondary N) is 1. The maximum Gasteiger partial charge on any atom is 0.213 e. The average molecular weight is 330 g/mol. The fourth-order valence-electron chi connectivity index (χ4n) is 1.32. The quantitative estimate of drug-likeness (QED) is 0.493. The second-order valence-electron chi connectivity index (χ2n) is 4.79. The van der Waals surface area contributed by atoms with Crippen molar-refractivity contribution in [1.29, 1.82) is 0 Å². The van der Waals surface area contributed by atoms with Gasteiger partial charge in [-0.15, -0.1) is 0 Å². The number of sulfonamides is 1. The van der Waals surface area contributed by atoms with E-state index in [9.17, 15) is 8.42 Å². The van der Waals surface area contributed by atoms with Crippen LogP contribution in [-0.2, 0) is 14.8 Å². The maximum atomic E-state index is 11.6. The molecule has 6 heteroatoms. The highest BCUT2D eigenvalue weighted by molar-refractivity contribution is 9.09. The first-order chi connectivity index (χ1) is 7.83. The Labute approximate surface area is 114 Å². The summed E-state index contributed by atoms with van der Waals surface area (Å²) in [6.45, 7) is 7.28. The van der Waals surface area contributed by atoms with Gasteiger partial charge in [0.2, 0.25) is 10.0 Å². The molecule has 0 amide bonds. The highest BCUT2D eigenvalue weighted by atomic mass is 79.9. The molecule has 1 N–H and O–H groups in total. The minimum Gasteiger partial charge on any atom is -0.381 e. The largest absolute Gasteiger partial charge is 0.381 e. The van der Waals surface area contributed by atoms with E-state index in [-0.39, 0.29) is 17.8 Å². The molecule has 0 aliphatic heterocycles. The van der Waals surface area contributed by atoms with Gasteiger partial charge >= 0.3 is 0 Å². The maximum absolute atomic E-state index is 11.6. The standard InChI is InChI=1S/C11H24BrNO3S/c1-4-16-8-9-17(14,15)13-10-11(2,3)6-5-7-12/h13H,4-10H2,1-3H3. The van der Waals surface area contributed by atoms with Gasteiger partial charge in [0.25, 0.3) is 0 Å². The summed E-state index contributed by atoms with van der Waals surface area (Å²) in [4.78, 5) is 0. The third-order valence-corrected chi connectivity index (χ3v) is 4.31. The zero-order chi connectivity index (χ0) is 13.4. The zero-order valence-corrected chi connectivity index (χ0v) is 13.4. The molecule has 17 heavy (non-hydrogen) atoms. The molecule has 0 aliphatic carbocycles. The van der Waals surface area contributed by atoms with Crippen LogP contribution in [0.4, 0.5) is 0 Å². The molecule has 0 atom stereocenters. The van der Waals surface area contributed by atoms with Gasteiger partial charge in [-0.25, -0.2) is 13.1 Å². The number of ether oxygens (including phenoxy) is 1. The van der Waals surface area contributed by atoms with Crippen molar-refractivity contribution in [2.24, 2.45) is 5.41 Å². The van der Waals surface area contributed by atoms with Gasteiger partial charge in [-0.05, 0) is 25.2 Å². The summed E-state index contributed by atoms with van der Waals surface area (Å²) >= 11 is 3.38. The highest BCUT2D eigenvalue weighted by Gasteiger charge is 2.20. The van der Waals surface area contributed by atoms with Gasteiger partial charge in [0.15, 0.2) is 0 Å². The monoisotopic (exact) mass is 329 g/mol. The SMILES string of the molecule is CCOCCS(=O)(=O)NCC(C)(C)CCCBr. The van der Waals surface area contributed by atoms with E-state index in [1.54, 1.807) is 0 Å². The van der Waals surface area contributed by atoms with Gasteiger partial charge < -0.3 is 4.74 Å². The normalized spacial score (nSPS) is 12.9. The smallest absolute Gasteiger partial charge is 0.213 e. The molecule has 0 aliphatic rings. The van der Waals surface area contributed by atoms with E-state index in [1.165, 1.54) is 0 Å². The van der Waals surface area contributed by atoms with E-state index >= 15 is 0 Å². The molecule has 104 valence electrons. The molecule has 0 heterocycles. The van der Waals surface area contributed by atoms with Crippen LogP contribution >= 0.6 is 15.9 Å². The van der Waals surface area contributed by atoms with Crippen molar-refractivity contribution in [3.05, 3.63) is 0 Å². The molecular formula is C11H24BrNO3S. The number of rotatable bonds is 10. The molecule has 0 unspecified atom stereocenters. The van der Waals surface area contributed by atoms with Gasteiger partial charge in [-0.1, -0.05) is 29.8 Å². The zero-order valence-electron chi connectivity index (χ0n) is 11.0. The van der Waals surface area contributed by atoms with Crippen LogP contribution in [0, 0.1) is 5.41 Å². The van der Waals surface area contributed by atoms with Crippen molar-refractivity contribution in [3.8, 4) is 0 Å². The predicted molar refractivity (Wildman–Crippen MR) is 75.1 cm³/mol. The third kappa shape index (κ3) is 10.00. The summed E-state index contributed by atoms with van der Waals surface area (Å²) in [6, 6.07) is 0. The minimum atomic E-state index is -3.20. The first kappa shape index (κ1) is 17.4. The molecule has 0 fully saturated rings. The Morgan fingerprint density at radius 2 is 2.00 bits per heavy atom. The highest BCUT2D eigenvalue weighted by Crippen LogP contribution is 2.21. The summed E-state index contributed by atoms with van der Waals surface area (Å²) < 4.78 is 30.9. The number of alkyl halides is 1. The summed E-state index contributed by atoms with van der Waals surface area (Å²) in [5, 5.41) is 0.952. The van der Waals surface area contributed by atoms with Crippen LogP contribution in [-0.4, -0.2) is 39.3 Å². The number of hydrogen-bond donors (Lipinski definition) is 1. The average Bonchev–Trinajstić information content (AvgIpc) is 2.25. The molecule has 0 radical (unpaired) electrons. The Hall–Kier alpha value is 0.350. The molecule has 0 aromatic rings. The molecule has 0 spiro atoms. The molecule has 0 saturated heterocycles. The van der Waals surface area contributed by atoms with E-state index in [0.29, 0.717) is 13.2 Å². The Balaban J connectivity index is 3.99. The molecule has 0 bridgehead atoms. The van der Waals surface area contributed by atoms with Gasteiger partial charge in [0.05, 0.1) is 12.4 Å². The van der Waals surface area contributed by atoms with Crippen molar-refractivity contribution in [3.63, 3.8) is 0 Å². The van der Waals surface area contributed by atoms with E-state index in [4.69, 9.17) is 4.74 Å². The minimum absolute atomic E-state index is 0.00749. The summed E-state index contributed by atoms with van der Waals surface area (Å²) in [6.07, 6.45) is 2.04. The van der Waals surface area contributed by atoms with Gasteiger partial charge in [-0.3, -0.25) is 0 Å². The first-order valence-corrected chi connectivity index (χ1v) is 8.71. The Morgan fingerprint density at radius 1 is 1.35 bits per heavy atom. The molecule has 4 nitrogen and oxygen atoms in total. The van der Waals surface area contributed by atoms with Crippen LogP contribution in [0.15, 0.2) is 0 Å². The summed E-state index contributed by atoms with van der Waals surface area (Å²) in [5.74, 6) is 0.0371. The number of halogens is 1. The Kier molecular flexibility index (Phi) is 8.63. The predicted octanol–water partition coefficient (Wildman–Crippen LogP) is 2.14. The second kappa shape index (κ2) is 8.45. The lowest BCUT2D eigenvalue weighted by atomic mass is 9.88. The lowest BCUT2D eigenvalue weighted by Gasteiger charge is -2.24. The van der Waals surface area contributed by atoms with Gasteiger partial charge in [0, 0.05) is 18.5 Å². The fraction of sp³-hybridized carbons (Fsp3) is 1.00. The Bertz CT molecular complexity index is 291. The van der Waals surface area contributed by atoms with Crippen LogP contribution in [0.3, 0.4) is 0 Å². The second-order valence-corrected chi connectivity index (χ2v) is 7.51. The lowest BCUT2D eigenvalue weighted by Crippen LogP contribution is -2.36. The fourth-order valence-corrected chi connectivity index (χ4v) is 2.70. The van der Waals surface area contributed by atoms with Crippen LogP contribution in [0.25, 0.3) is 0 Å². The first-order valence-electron chi connectivity index (χ1n) is 5.94. The topological polar surface area (TPSA) is 55.4 Å². The van der Waals surface area contributed by atoms with Crippen LogP contribution < -0.4 is 4.72 Å². The van der Waals surface area contributed by atoms with E-state index < -0.39 is 10.0 Å². The Morgan fingerprint density at radius 3 is 2.53 bits per heavy atom. The van der Waals surface area contributed by atoms with Crippen molar-refractivity contribution >= 4 is 26.0 Å². The van der Waals surface area contributed by atoms with Crippen LogP contribution in [0.2, 0.25) is 0 Å². The van der Waals surface area contributed by atoms with Crippen LogP contribution in [0.1, 0.15) is 33.6 Å². The van der Waals surface area contributed by atoms with Crippen molar-refractivity contribution < 1.29 is 13.2 Å². The van der Waals surface area contributed by atoms with Crippen molar-refractivity contribution in [2.45, 2.75) is 33.6 Å². The van der Waals surface area contributed by atoms with Crippen molar-refractivity contribution in [2.75, 3.05) is 30.8 Å². The lowest BCUT2D eigenvalue weighted by molar-refractivity contribution is 0.163. The summed E-state index contributed by atoms with van der Waals surface area (Å²) in [7, 11) is -3.20. The molecule has 0 saturated carbocycles. The molecule has 0 aromatic carbocycles. The van der Waals surface area contributed by atoms with E-state index in [2.05, 4.69) is 34.5 Å². The van der Waals surface area contributed by atoms with E-state index in [0.717, 1.165) is 18.2 Å². The molecule has 0 rings (SSSR count). The van der Waals surface area contributed by atoms with Gasteiger partial charge in [0.1, 0.15) is 0 Å². The van der Waals surface area contributed by atoms with Gasteiger partial charge in [-0.2, -0.15) is 0 Å². The van der Waals surface area contributed by atoms with Crippen molar-refractivity contribution in [1.82, 2.24) is 4.72 Å². The molecule has 0 aromatic heterocycles. The van der Waals surface area contributed by atoms with E-state index in [1.807, 2.05) is 6.92 Å². The third-order valence-electron chi connectivity index (χ3n) is 2.46. The number of hydrogen-bond acceptors (Lipinski definition) is 3. The van der Waals surface area contributed by atoms with Crippen LogP contribution in [0.5, 0.6) is 0 Å². The molecular weight excluding hydrogens is 306 g/mol. The summed E-state index contributed by atoms with van der Waals surface area (Å²) in [5.41, 5.74) is -0.00749.